The fraction of sp³-hybridized carbons (Fsp3) is 1.00. The number of nitrogens with two attached hydrogens (primary N) is 2. The van der Waals surface area contributed by atoms with Crippen LogP contribution in [0.5, 0.6) is 0 Å². The minimum absolute atomic E-state index is 0.775. The molecule has 0 radical (unpaired) electrons. The highest BCUT2D eigenvalue weighted by Crippen LogP contribution is 1.98. The highest BCUT2D eigenvalue weighted by atomic mass is 31.1. The molecule has 6 heteroatoms. The standard InChI is InChI=1S/C4H12N2.H3O3P/c5-3-1-2-4-6;1-4(2)3/h1-6H2;4H,(H2,1,2,3). The van der Waals surface area contributed by atoms with E-state index in [4.69, 9.17) is 25.8 Å². The van der Waals surface area contributed by atoms with Gasteiger partial charge in [0.25, 0.3) is 0 Å². The third-order valence-electron chi connectivity index (χ3n) is 0.658. The molecule has 0 atom stereocenters. The maximum atomic E-state index is 8.74. The quantitative estimate of drug-likeness (QED) is 0.322. The van der Waals surface area contributed by atoms with Crippen LogP contribution >= 0.6 is 8.25 Å². The van der Waals surface area contributed by atoms with Gasteiger partial charge in [-0.3, -0.25) is 4.57 Å². The average Bonchev–Trinajstić information content (AvgIpc) is 1.82. The highest BCUT2D eigenvalue weighted by Gasteiger charge is 1.75. The molecule has 0 spiro atoms. The van der Waals surface area contributed by atoms with Gasteiger partial charge in [0.1, 0.15) is 0 Å². The maximum absolute atomic E-state index is 8.74. The van der Waals surface area contributed by atoms with Gasteiger partial charge in [0.05, 0.1) is 0 Å². The molecule has 0 heterocycles. The fourth-order valence-corrected chi connectivity index (χ4v) is 0.289. The van der Waals surface area contributed by atoms with Crippen molar-refractivity contribution >= 4 is 8.25 Å². The van der Waals surface area contributed by atoms with Crippen LogP contribution in [-0.4, -0.2) is 22.9 Å². The first-order chi connectivity index (χ1) is 4.65. The van der Waals surface area contributed by atoms with Crippen molar-refractivity contribution in [3.8, 4) is 0 Å². The average molecular weight is 170 g/mol. The van der Waals surface area contributed by atoms with Gasteiger partial charge in [0, 0.05) is 0 Å². The van der Waals surface area contributed by atoms with E-state index >= 15 is 0 Å². The third kappa shape index (κ3) is 42.8. The lowest BCUT2D eigenvalue weighted by atomic mass is 10.3. The van der Waals surface area contributed by atoms with Crippen LogP contribution in [-0.2, 0) is 4.57 Å². The Bertz CT molecular complexity index is 72.9. The summed E-state index contributed by atoms with van der Waals surface area (Å²) in [6.07, 6.45) is 2.13. The van der Waals surface area contributed by atoms with Crippen LogP contribution in [0.1, 0.15) is 12.8 Å². The second-order valence-electron chi connectivity index (χ2n) is 1.57. The predicted molar refractivity (Wildman–Crippen MR) is 40.8 cm³/mol. The molecule has 0 aromatic heterocycles. The third-order valence-corrected chi connectivity index (χ3v) is 0.658. The molecule has 0 bridgehead atoms. The van der Waals surface area contributed by atoms with Crippen LogP contribution < -0.4 is 11.5 Å². The summed E-state index contributed by atoms with van der Waals surface area (Å²) >= 11 is 0. The lowest BCUT2D eigenvalue weighted by Crippen LogP contribution is -2.03. The van der Waals surface area contributed by atoms with Crippen molar-refractivity contribution in [1.29, 1.82) is 0 Å². The Kier molecular flexibility index (Phi) is 15.0. The summed E-state index contributed by atoms with van der Waals surface area (Å²) in [6.45, 7) is 1.55. The van der Waals surface area contributed by atoms with E-state index in [1.807, 2.05) is 0 Å². The smallest absolute Gasteiger partial charge is 0.314 e. The van der Waals surface area contributed by atoms with Crippen LogP contribution in [0.4, 0.5) is 0 Å². The molecule has 0 fully saturated rings. The summed E-state index contributed by atoms with van der Waals surface area (Å²) in [6, 6.07) is 0. The second-order valence-corrected chi connectivity index (χ2v) is 2.13. The van der Waals surface area contributed by atoms with Crippen molar-refractivity contribution in [2.24, 2.45) is 11.5 Å². The molecular weight excluding hydrogens is 155 g/mol. The summed E-state index contributed by atoms with van der Waals surface area (Å²) in [5.41, 5.74) is 10.3. The first-order valence-corrected chi connectivity index (χ1v) is 4.27. The Labute approximate surface area is 61.0 Å². The molecule has 0 saturated carbocycles. The molecule has 6 N–H and O–H groups in total. The Hall–Kier alpha value is 0.0700. The minimum atomic E-state index is -3.13. The van der Waals surface area contributed by atoms with E-state index in [1.165, 1.54) is 0 Å². The second kappa shape index (κ2) is 11.8. The largest absolute Gasteiger partial charge is 0.330 e. The number of hydrogen-bond acceptors (Lipinski definition) is 3. The minimum Gasteiger partial charge on any atom is -0.330 e. The van der Waals surface area contributed by atoms with Crippen molar-refractivity contribution in [3.05, 3.63) is 0 Å². The first-order valence-electron chi connectivity index (χ1n) is 2.97. The van der Waals surface area contributed by atoms with Crippen molar-refractivity contribution in [2.75, 3.05) is 13.1 Å². The summed E-state index contributed by atoms with van der Waals surface area (Å²) in [5, 5.41) is 0. The van der Waals surface area contributed by atoms with Crippen LogP contribution in [0.25, 0.3) is 0 Å². The van der Waals surface area contributed by atoms with E-state index in [0.29, 0.717) is 0 Å². The van der Waals surface area contributed by atoms with Gasteiger partial charge in [-0.1, -0.05) is 0 Å². The van der Waals surface area contributed by atoms with Crippen molar-refractivity contribution in [1.82, 2.24) is 0 Å². The first kappa shape index (κ1) is 12.7. The predicted octanol–water partition coefficient (Wildman–Crippen LogP) is -0.955. The van der Waals surface area contributed by atoms with Crippen molar-refractivity contribution in [3.63, 3.8) is 0 Å². The SMILES string of the molecule is NCCCCN.O=[PH](O)O. The Balaban J connectivity index is 0. The number of rotatable bonds is 3. The monoisotopic (exact) mass is 170 g/mol. The van der Waals surface area contributed by atoms with Crippen LogP contribution in [0.15, 0.2) is 0 Å². The zero-order valence-corrected chi connectivity index (χ0v) is 6.79. The normalized spacial score (nSPS) is 8.90. The molecule has 0 aliphatic rings. The molecule has 0 aromatic rings. The molecule has 0 rings (SSSR count). The maximum Gasteiger partial charge on any atom is 0.314 e. The van der Waals surface area contributed by atoms with Crippen LogP contribution in [0, 0.1) is 0 Å². The van der Waals surface area contributed by atoms with Gasteiger partial charge in [0.2, 0.25) is 0 Å². The van der Waals surface area contributed by atoms with Gasteiger partial charge in [-0.25, -0.2) is 0 Å². The van der Waals surface area contributed by atoms with Gasteiger partial charge in [-0.05, 0) is 25.9 Å². The lowest BCUT2D eigenvalue weighted by Gasteiger charge is -1.87. The zero-order valence-electron chi connectivity index (χ0n) is 5.79. The fourth-order valence-electron chi connectivity index (χ4n) is 0.289. The van der Waals surface area contributed by atoms with E-state index in [1.54, 1.807) is 0 Å². The van der Waals surface area contributed by atoms with E-state index in [0.717, 1.165) is 25.9 Å². The van der Waals surface area contributed by atoms with Gasteiger partial charge >= 0.3 is 8.25 Å². The summed E-state index contributed by atoms with van der Waals surface area (Å²) in [7, 11) is -3.13. The van der Waals surface area contributed by atoms with Gasteiger partial charge in [-0.15, -0.1) is 0 Å². The molecule has 5 nitrogen and oxygen atoms in total. The summed E-state index contributed by atoms with van der Waals surface area (Å²) in [5.74, 6) is 0. The van der Waals surface area contributed by atoms with Gasteiger partial charge in [0.15, 0.2) is 0 Å². The molecule has 0 unspecified atom stereocenters. The Morgan fingerprint density at radius 1 is 1.10 bits per heavy atom. The van der Waals surface area contributed by atoms with Gasteiger partial charge in [-0.2, -0.15) is 0 Å². The lowest BCUT2D eigenvalue weighted by molar-refractivity contribution is 0.405. The highest BCUT2D eigenvalue weighted by molar-refractivity contribution is 7.30. The molecule has 64 valence electrons. The van der Waals surface area contributed by atoms with Gasteiger partial charge < -0.3 is 21.3 Å². The Morgan fingerprint density at radius 2 is 1.30 bits per heavy atom. The molecule has 0 aliphatic carbocycles. The molecular formula is C4H15N2O3P. The molecule has 0 aliphatic heterocycles. The zero-order chi connectivity index (χ0) is 8.41. The number of hydrogen-bond donors (Lipinski definition) is 4. The van der Waals surface area contributed by atoms with Crippen molar-refractivity contribution < 1.29 is 14.4 Å². The topological polar surface area (TPSA) is 110 Å². The van der Waals surface area contributed by atoms with Crippen LogP contribution in [0.2, 0.25) is 0 Å². The van der Waals surface area contributed by atoms with E-state index in [2.05, 4.69) is 0 Å². The van der Waals surface area contributed by atoms with E-state index < -0.39 is 8.25 Å². The van der Waals surface area contributed by atoms with Crippen LogP contribution in [0.3, 0.4) is 0 Å². The van der Waals surface area contributed by atoms with E-state index in [9.17, 15) is 0 Å². The molecule has 0 saturated heterocycles. The Morgan fingerprint density at radius 3 is 1.40 bits per heavy atom. The molecule has 10 heavy (non-hydrogen) atoms. The number of unbranched alkanes of at least 4 members (excludes halogenated alkanes) is 1. The summed E-state index contributed by atoms with van der Waals surface area (Å²) < 4.78 is 8.74. The van der Waals surface area contributed by atoms with Crippen molar-refractivity contribution in [2.45, 2.75) is 12.8 Å². The van der Waals surface area contributed by atoms with E-state index in [-0.39, 0.29) is 0 Å². The molecule has 0 aromatic carbocycles. The summed E-state index contributed by atoms with van der Waals surface area (Å²) in [4.78, 5) is 14.3. The molecule has 0 amide bonds.